The van der Waals surface area contributed by atoms with E-state index in [1.807, 2.05) is 0 Å². The number of nitro benzene ring substituents is 1. The van der Waals surface area contributed by atoms with Crippen LogP contribution in [0.1, 0.15) is 5.76 Å². The summed E-state index contributed by atoms with van der Waals surface area (Å²) >= 11 is 3.34. The zero-order valence-electron chi connectivity index (χ0n) is 11.3. The van der Waals surface area contributed by atoms with E-state index in [2.05, 4.69) is 36.6 Å². The van der Waals surface area contributed by atoms with Crippen molar-refractivity contribution in [1.29, 1.82) is 0 Å². The Morgan fingerprint density at radius 2 is 2.22 bits per heavy atom. The molecule has 0 atom stereocenters. The summed E-state index contributed by atoms with van der Waals surface area (Å²) in [5, 5.41) is 25.2. The van der Waals surface area contributed by atoms with Crippen LogP contribution in [0.15, 0.2) is 44.3 Å². The molecule has 2 aromatic heterocycles. The number of tetrazole rings is 1. The van der Waals surface area contributed by atoms with Crippen molar-refractivity contribution in [2.24, 2.45) is 5.10 Å². The minimum absolute atomic E-state index is 0.0312. The number of nitro groups is 1. The quantitative estimate of drug-likeness (QED) is 0.417. The van der Waals surface area contributed by atoms with Crippen LogP contribution >= 0.6 is 15.9 Å². The van der Waals surface area contributed by atoms with E-state index >= 15 is 0 Å². The van der Waals surface area contributed by atoms with Crippen molar-refractivity contribution >= 4 is 33.8 Å². The molecule has 0 aliphatic heterocycles. The lowest BCUT2D eigenvalue weighted by Gasteiger charge is -2.00. The molecule has 3 rings (SSSR count). The standard InChI is InChI=1S/C12H8BrN7O3/c13-10-3-1-7(20(21)22)5-9(10)11-4-2-8(23-11)6-15-19-12(14)16-17-18-19/h1-6H,(H2,14,16,18). The van der Waals surface area contributed by atoms with Crippen molar-refractivity contribution in [3.63, 3.8) is 0 Å². The van der Waals surface area contributed by atoms with Gasteiger partial charge in [-0.2, -0.15) is 5.10 Å². The predicted molar refractivity (Wildman–Crippen MR) is 83.7 cm³/mol. The maximum Gasteiger partial charge on any atom is 0.270 e. The number of anilines is 1. The number of rotatable bonds is 4. The van der Waals surface area contributed by atoms with Crippen LogP contribution in [0.25, 0.3) is 11.3 Å². The zero-order valence-corrected chi connectivity index (χ0v) is 12.9. The Bertz CT molecular complexity index is 902. The maximum absolute atomic E-state index is 10.9. The Kier molecular flexibility index (Phi) is 3.85. The molecule has 10 nitrogen and oxygen atoms in total. The van der Waals surface area contributed by atoms with Gasteiger partial charge in [-0.1, -0.05) is 25.8 Å². The van der Waals surface area contributed by atoms with E-state index < -0.39 is 4.92 Å². The van der Waals surface area contributed by atoms with E-state index in [0.29, 0.717) is 21.6 Å². The summed E-state index contributed by atoms with van der Waals surface area (Å²) in [6.07, 6.45) is 1.38. The summed E-state index contributed by atoms with van der Waals surface area (Å²) in [6, 6.07) is 7.74. The molecular formula is C12H8BrN7O3. The molecule has 0 radical (unpaired) electrons. The first-order chi connectivity index (χ1) is 11.0. The molecule has 0 spiro atoms. The number of hydrogen-bond acceptors (Lipinski definition) is 8. The normalized spacial score (nSPS) is 11.2. The van der Waals surface area contributed by atoms with Crippen LogP contribution in [-0.4, -0.2) is 31.5 Å². The largest absolute Gasteiger partial charge is 0.455 e. The third kappa shape index (κ3) is 3.08. The van der Waals surface area contributed by atoms with Gasteiger partial charge in [-0.25, -0.2) is 0 Å². The zero-order chi connectivity index (χ0) is 16.4. The van der Waals surface area contributed by atoms with Gasteiger partial charge in [0, 0.05) is 22.2 Å². The lowest BCUT2D eigenvalue weighted by molar-refractivity contribution is -0.384. The summed E-state index contributed by atoms with van der Waals surface area (Å²) in [6.45, 7) is 0. The molecular weight excluding hydrogens is 370 g/mol. The van der Waals surface area contributed by atoms with Crippen molar-refractivity contribution in [2.75, 3.05) is 5.73 Å². The molecule has 0 amide bonds. The Morgan fingerprint density at radius 1 is 1.39 bits per heavy atom. The lowest BCUT2D eigenvalue weighted by atomic mass is 10.1. The number of hydrogen-bond donors (Lipinski definition) is 1. The van der Waals surface area contributed by atoms with Gasteiger partial charge in [-0.15, -0.1) is 0 Å². The SMILES string of the molecule is Nc1nnnn1N=Cc1ccc(-c2cc([N+](=O)[O-])ccc2Br)o1. The second-order valence-electron chi connectivity index (χ2n) is 4.29. The summed E-state index contributed by atoms with van der Waals surface area (Å²) in [4.78, 5) is 11.4. The van der Waals surface area contributed by atoms with Gasteiger partial charge in [-0.05, 0) is 28.6 Å². The number of nitrogens with zero attached hydrogens (tertiary/aromatic N) is 6. The third-order valence-electron chi connectivity index (χ3n) is 2.82. The Morgan fingerprint density at radius 3 is 2.91 bits per heavy atom. The first kappa shape index (κ1) is 14.8. The predicted octanol–water partition coefficient (Wildman–Crippen LogP) is 2.07. The van der Waals surface area contributed by atoms with Gasteiger partial charge < -0.3 is 10.2 Å². The molecule has 3 aromatic rings. The second kappa shape index (κ2) is 5.96. The van der Waals surface area contributed by atoms with Gasteiger partial charge >= 0.3 is 0 Å². The number of halogens is 1. The highest BCUT2D eigenvalue weighted by molar-refractivity contribution is 9.10. The topological polar surface area (TPSA) is 138 Å². The van der Waals surface area contributed by atoms with Crippen molar-refractivity contribution in [2.45, 2.75) is 0 Å². The molecule has 0 fully saturated rings. The van der Waals surface area contributed by atoms with Gasteiger partial charge in [0.1, 0.15) is 11.5 Å². The fraction of sp³-hybridized carbons (Fsp3) is 0. The first-order valence-electron chi connectivity index (χ1n) is 6.17. The number of nitrogen functional groups attached to an aromatic ring is 1. The van der Waals surface area contributed by atoms with E-state index in [1.165, 1.54) is 18.3 Å². The van der Waals surface area contributed by atoms with E-state index in [0.717, 1.165) is 4.79 Å². The summed E-state index contributed by atoms with van der Waals surface area (Å²) in [5.74, 6) is 0.898. The molecule has 0 aliphatic carbocycles. The molecule has 2 N–H and O–H groups in total. The molecule has 0 bridgehead atoms. The maximum atomic E-state index is 10.9. The number of non-ortho nitro benzene ring substituents is 1. The molecule has 0 saturated carbocycles. The van der Waals surface area contributed by atoms with Crippen LogP contribution < -0.4 is 5.73 Å². The molecule has 116 valence electrons. The Labute approximate surface area is 136 Å². The van der Waals surface area contributed by atoms with Gasteiger partial charge in [0.05, 0.1) is 11.1 Å². The summed E-state index contributed by atoms with van der Waals surface area (Å²) < 4.78 is 6.27. The monoisotopic (exact) mass is 377 g/mol. The molecule has 23 heavy (non-hydrogen) atoms. The Hall–Kier alpha value is -3.08. The van der Waals surface area contributed by atoms with Crippen LogP contribution in [-0.2, 0) is 0 Å². The molecule has 0 aliphatic rings. The first-order valence-corrected chi connectivity index (χ1v) is 6.96. The van der Waals surface area contributed by atoms with Crippen molar-refractivity contribution in [1.82, 2.24) is 20.3 Å². The summed E-state index contributed by atoms with van der Waals surface area (Å²) in [5.41, 5.74) is 6.00. The fourth-order valence-corrected chi connectivity index (χ4v) is 2.21. The fourth-order valence-electron chi connectivity index (χ4n) is 1.77. The van der Waals surface area contributed by atoms with Crippen molar-refractivity contribution < 1.29 is 9.34 Å². The van der Waals surface area contributed by atoms with E-state index in [9.17, 15) is 10.1 Å². The highest BCUT2D eigenvalue weighted by Gasteiger charge is 2.13. The minimum Gasteiger partial charge on any atom is -0.455 e. The van der Waals surface area contributed by atoms with Gasteiger partial charge in [0.25, 0.3) is 11.6 Å². The molecule has 0 unspecified atom stereocenters. The number of furan rings is 1. The molecule has 2 heterocycles. The van der Waals surface area contributed by atoms with Crippen LogP contribution in [0.4, 0.5) is 11.6 Å². The van der Waals surface area contributed by atoms with Crippen LogP contribution in [0, 0.1) is 10.1 Å². The van der Waals surface area contributed by atoms with Gasteiger partial charge in [0.15, 0.2) is 0 Å². The highest BCUT2D eigenvalue weighted by atomic mass is 79.9. The number of benzene rings is 1. The number of aromatic nitrogens is 4. The molecule has 11 heteroatoms. The van der Waals surface area contributed by atoms with Crippen LogP contribution in [0.3, 0.4) is 0 Å². The average Bonchev–Trinajstić information content (AvgIpc) is 3.14. The van der Waals surface area contributed by atoms with Crippen LogP contribution in [0.5, 0.6) is 0 Å². The number of nitrogens with two attached hydrogens (primary N) is 1. The van der Waals surface area contributed by atoms with Gasteiger partial charge in [-0.3, -0.25) is 10.1 Å². The van der Waals surface area contributed by atoms with Gasteiger partial charge in [0.2, 0.25) is 0 Å². The lowest BCUT2D eigenvalue weighted by Crippen LogP contribution is -1.99. The molecule has 0 saturated heterocycles. The van der Waals surface area contributed by atoms with Crippen LogP contribution in [0.2, 0.25) is 0 Å². The highest BCUT2D eigenvalue weighted by Crippen LogP contribution is 2.32. The summed E-state index contributed by atoms with van der Waals surface area (Å²) in [7, 11) is 0. The van der Waals surface area contributed by atoms with Crippen molar-refractivity contribution in [3.8, 4) is 11.3 Å². The van der Waals surface area contributed by atoms with Crippen molar-refractivity contribution in [3.05, 3.63) is 50.7 Å². The second-order valence-corrected chi connectivity index (χ2v) is 5.15. The molecule has 1 aromatic carbocycles. The van der Waals surface area contributed by atoms with E-state index in [4.69, 9.17) is 10.2 Å². The Balaban J connectivity index is 1.90. The van der Waals surface area contributed by atoms with E-state index in [1.54, 1.807) is 18.2 Å². The third-order valence-corrected chi connectivity index (χ3v) is 3.52. The van der Waals surface area contributed by atoms with E-state index in [-0.39, 0.29) is 11.6 Å². The average molecular weight is 378 g/mol. The minimum atomic E-state index is -0.470. The smallest absolute Gasteiger partial charge is 0.270 e.